The smallest absolute Gasteiger partial charge is 0.226 e. The van der Waals surface area contributed by atoms with Crippen LogP contribution in [0, 0.1) is 11.3 Å². The van der Waals surface area contributed by atoms with E-state index in [4.69, 9.17) is 5.73 Å². The standard InChI is InChI=1S/C16H22N2O/c17-14(13-6-7-13)11-18-15(19)16(8-9-16)10-12-4-2-1-3-5-12/h1-5,13-14H,6-11,17H2,(H,18,19). The van der Waals surface area contributed by atoms with Crippen LogP contribution in [0.3, 0.4) is 0 Å². The fourth-order valence-electron chi connectivity index (χ4n) is 2.71. The SMILES string of the molecule is NC(CNC(=O)C1(Cc2ccccc2)CC1)C1CC1. The summed E-state index contributed by atoms with van der Waals surface area (Å²) in [5, 5.41) is 3.06. The van der Waals surface area contributed by atoms with Crippen molar-refractivity contribution in [3.63, 3.8) is 0 Å². The molecule has 1 aromatic carbocycles. The molecule has 102 valence electrons. The Kier molecular flexibility index (Phi) is 3.31. The van der Waals surface area contributed by atoms with Gasteiger partial charge in [-0.2, -0.15) is 0 Å². The van der Waals surface area contributed by atoms with Crippen LogP contribution < -0.4 is 11.1 Å². The maximum atomic E-state index is 12.3. The molecule has 3 rings (SSSR count). The molecule has 1 atom stereocenters. The number of hydrogen-bond donors (Lipinski definition) is 2. The summed E-state index contributed by atoms with van der Waals surface area (Å²) >= 11 is 0. The van der Waals surface area contributed by atoms with Crippen LogP contribution in [0.15, 0.2) is 30.3 Å². The Hall–Kier alpha value is -1.35. The zero-order valence-electron chi connectivity index (χ0n) is 11.3. The third-order valence-corrected chi connectivity index (χ3v) is 4.45. The molecular formula is C16H22N2O. The second kappa shape index (κ2) is 4.97. The molecule has 3 N–H and O–H groups in total. The first-order valence-corrected chi connectivity index (χ1v) is 7.27. The monoisotopic (exact) mass is 258 g/mol. The predicted octanol–water partition coefficient (Wildman–Crippen LogP) is 1.86. The number of amides is 1. The lowest BCUT2D eigenvalue weighted by molar-refractivity contribution is -0.126. The highest BCUT2D eigenvalue weighted by Crippen LogP contribution is 2.48. The number of nitrogens with two attached hydrogens (primary N) is 1. The molecule has 2 saturated carbocycles. The lowest BCUT2D eigenvalue weighted by atomic mass is 9.95. The van der Waals surface area contributed by atoms with Gasteiger partial charge in [0, 0.05) is 12.6 Å². The molecule has 0 radical (unpaired) electrons. The number of hydrogen-bond acceptors (Lipinski definition) is 2. The second-order valence-corrected chi connectivity index (χ2v) is 6.15. The summed E-state index contributed by atoms with van der Waals surface area (Å²) < 4.78 is 0. The van der Waals surface area contributed by atoms with Crippen molar-refractivity contribution < 1.29 is 4.79 Å². The molecule has 0 aliphatic heterocycles. The van der Waals surface area contributed by atoms with E-state index in [0.29, 0.717) is 12.5 Å². The van der Waals surface area contributed by atoms with E-state index in [1.165, 1.54) is 18.4 Å². The normalized spacial score (nSPS) is 21.7. The molecule has 1 amide bonds. The maximum Gasteiger partial charge on any atom is 0.226 e. The van der Waals surface area contributed by atoms with Gasteiger partial charge >= 0.3 is 0 Å². The number of carbonyl (C=O) groups is 1. The van der Waals surface area contributed by atoms with Crippen LogP contribution in [-0.2, 0) is 11.2 Å². The van der Waals surface area contributed by atoms with Gasteiger partial charge in [0.1, 0.15) is 0 Å². The largest absolute Gasteiger partial charge is 0.354 e. The molecule has 0 bridgehead atoms. The summed E-state index contributed by atoms with van der Waals surface area (Å²) in [4.78, 5) is 12.3. The van der Waals surface area contributed by atoms with Gasteiger partial charge in [-0.1, -0.05) is 30.3 Å². The van der Waals surface area contributed by atoms with Gasteiger partial charge in [-0.05, 0) is 43.6 Å². The van der Waals surface area contributed by atoms with E-state index in [1.807, 2.05) is 18.2 Å². The Morgan fingerprint density at radius 3 is 2.58 bits per heavy atom. The van der Waals surface area contributed by atoms with Crippen molar-refractivity contribution in [3.05, 3.63) is 35.9 Å². The minimum Gasteiger partial charge on any atom is -0.354 e. The van der Waals surface area contributed by atoms with Crippen molar-refractivity contribution in [1.29, 1.82) is 0 Å². The van der Waals surface area contributed by atoms with Gasteiger partial charge in [-0.3, -0.25) is 4.79 Å². The predicted molar refractivity (Wildman–Crippen MR) is 75.5 cm³/mol. The van der Waals surface area contributed by atoms with Gasteiger partial charge < -0.3 is 11.1 Å². The molecule has 19 heavy (non-hydrogen) atoms. The Morgan fingerprint density at radius 2 is 2.00 bits per heavy atom. The summed E-state index contributed by atoms with van der Waals surface area (Å²) in [6.07, 6.45) is 5.33. The van der Waals surface area contributed by atoms with Crippen LogP contribution >= 0.6 is 0 Å². The van der Waals surface area contributed by atoms with Gasteiger partial charge in [0.05, 0.1) is 5.41 Å². The molecular weight excluding hydrogens is 236 g/mol. The third kappa shape index (κ3) is 2.98. The molecule has 3 heteroatoms. The lowest BCUT2D eigenvalue weighted by Gasteiger charge is -2.17. The van der Waals surface area contributed by atoms with Crippen molar-refractivity contribution >= 4 is 5.91 Å². The zero-order chi connectivity index (χ0) is 13.3. The topological polar surface area (TPSA) is 55.1 Å². The van der Waals surface area contributed by atoms with Crippen molar-refractivity contribution in [2.75, 3.05) is 6.54 Å². The van der Waals surface area contributed by atoms with Gasteiger partial charge in [0.25, 0.3) is 0 Å². The first-order chi connectivity index (χ1) is 9.20. The highest BCUT2D eigenvalue weighted by molar-refractivity contribution is 5.85. The van der Waals surface area contributed by atoms with Crippen molar-refractivity contribution in [2.45, 2.75) is 38.1 Å². The van der Waals surface area contributed by atoms with Crippen molar-refractivity contribution in [3.8, 4) is 0 Å². The highest BCUT2D eigenvalue weighted by atomic mass is 16.2. The Balaban J connectivity index is 1.53. The van der Waals surface area contributed by atoms with E-state index in [0.717, 1.165) is 19.3 Å². The summed E-state index contributed by atoms with van der Waals surface area (Å²) in [7, 11) is 0. The highest BCUT2D eigenvalue weighted by Gasteiger charge is 2.49. The Labute approximate surface area is 114 Å². The average molecular weight is 258 g/mol. The first kappa shape index (κ1) is 12.7. The molecule has 1 unspecified atom stereocenters. The molecule has 0 heterocycles. The van der Waals surface area contributed by atoms with Crippen molar-refractivity contribution in [1.82, 2.24) is 5.32 Å². The number of carbonyl (C=O) groups excluding carboxylic acids is 1. The van der Waals surface area contributed by atoms with Crippen molar-refractivity contribution in [2.24, 2.45) is 17.1 Å². The molecule has 2 fully saturated rings. The van der Waals surface area contributed by atoms with Gasteiger partial charge in [-0.15, -0.1) is 0 Å². The third-order valence-electron chi connectivity index (χ3n) is 4.45. The number of rotatable bonds is 6. The van der Waals surface area contributed by atoms with Crippen LogP contribution in [0.25, 0.3) is 0 Å². The average Bonchev–Trinajstić information content (AvgIpc) is 3.29. The van der Waals surface area contributed by atoms with Gasteiger partial charge in [0.2, 0.25) is 5.91 Å². The van der Waals surface area contributed by atoms with Crippen LogP contribution in [-0.4, -0.2) is 18.5 Å². The quantitative estimate of drug-likeness (QED) is 0.818. The summed E-state index contributed by atoms with van der Waals surface area (Å²) in [5.74, 6) is 0.844. The summed E-state index contributed by atoms with van der Waals surface area (Å²) in [6, 6.07) is 10.4. The second-order valence-electron chi connectivity index (χ2n) is 6.15. The van der Waals surface area contributed by atoms with E-state index >= 15 is 0 Å². The van der Waals surface area contributed by atoms with Crippen LogP contribution in [0.4, 0.5) is 0 Å². The number of benzene rings is 1. The lowest BCUT2D eigenvalue weighted by Crippen LogP contribution is -2.42. The van der Waals surface area contributed by atoms with Crippen LogP contribution in [0.1, 0.15) is 31.2 Å². The van der Waals surface area contributed by atoms with Crippen LogP contribution in [0.2, 0.25) is 0 Å². The summed E-state index contributed by atoms with van der Waals surface area (Å²) in [6.45, 7) is 0.639. The van der Waals surface area contributed by atoms with E-state index in [2.05, 4.69) is 17.4 Å². The molecule has 1 aromatic rings. The molecule has 0 aromatic heterocycles. The van der Waals surface area contributed by atoms with Gasteiger partial charge in [0.15, 0.2) is 0 Å². The van der Waals surface area contributed by atoms with E-state index in [9.17, 15) is 4.79 Å². The summed E-state index contributed by atoms with van der Waals surface area (Å²) in [5.41, 5.74) is 7.13. The minimum absolute atomic E-state index is 0.148. The van der Waals surface area contributed by atoms with E-state index in [-0.39, 0.29) is 17.4 Å². The first-order valence-electron chi connectivity index (χ1n) is 7.27. The number of nitrogens with one attached hydrogen (secondary N) is 1. The van der Waals surface area contributed by atoms with Crippen LogP contribution in [0.5, 0.6) is 0 Å². The molecule has 0 spiro atoms. The van der Waals surface area contributed by atoms with Gasteiger partial charge in [-0.25, -0.2) is 0 Å². The fraction of sp³-hybridized carbons (Fsp3) is 0.562. The minimum atomic E-state index is -0.148. The molecule has 0 saturated heterocycles. The van der Waals surface area contributed by atoms with E-state index in [1.54, 1.807) is 0 Å². The molecule has 2 aliphatic rings. The maximum absolute atomic E-state index is 12.3. The fourth-order valence-corrected chi connectivity index (χ4v) is 2.71. The Bertz CT molecular complexity index is 449. The van der Waals surface area contributed by atoms with E-state index < -0.39 is 0 Å². The molecule has 3 nitrogen and oxygen atoms in total. The zero-order valence-corrected chi connectivity index (χ0v) is 11.3. The Morgan fingerprint density at radius 1 is 1.32 bits per heavy atom. The molecule has 2 aliphatic carbocycles.